The van der Waals surface area contributed by atoms with Gasteiger partial charge in [-0.1, -0.05) is 84.0 Å². The van der Waals surface area contributed by atoms with Gasteiger partial charge < -0.3 is 28.4 Å². The molecule has 53 heavy (non-hydrogen) atoms. The zero-order valence-electron chi connectivity index (χ0n) is 29.5. The predicted octanol–water partition coefficient (Wildman–Crippen LogP) is 9.44. The minimum Gasteiger partial charge on any atom is -0.463 e. The second-order valence-corrected chi connectivity index (χ2v) is 10.9. The van der Waals surface area contributed by atoms with Crippen molar-refractivity contribution in [3.05, 3.63) is 72.9 Å². The van der Waals surface area contributed by atoms with Crippen LogP contribution in [0.1, 0.15) is 120 Å². The van der Waals surface area contributed by atoms with E-state index in [1.807, 2.05) is 0 Å². The molecule has 2 unspecified atom stereocenters. The highest BCUT2D eigenvalue weighted by Crippen LogP contribution is 2.21. The van der Waals surface area contributed by atoms with Gasteiger partial charge in [-0.25, -0.2) is 28.8 Å². The highest BCUT2D eigenvalue weighted by atomic mass is 16.6. The van der Waals surface area contributed by atoms with Crippen molar-refractivity contribution < 1.29 is 57.2 Å². The number of hydrogen-bond donors (Lipinski definition) is 0. The van der Waals surface area contributed by atoms with Crippen molar-refractivity contribution in [1.82, 2.24) is 0 Å². The molecule has 0 bridgehead atoms. The lowest BCUT2D eigenvalue weighted by Crippen LogP contribution is -2.38. The molecule has 0 N–H and O–H groups in total. The molecule has 0 spiro atoms. The molecule has 0 aliphatic heterocycles. The first-order valence-corrected chi connectivity index (χ1v) is 14.6. The Hall–Kier alpha value is -4.74. The van der Waals surface area contributed by atoms with Crippen LogP contribution < -0.4 is 0 Å². The van der Waals surface area contributed by atoms with Crippen LogP contribution in [0.15, 0.2) is 72.9 Å². The molecular weight excluding hydrogens is 684 g/mol. The smallest absolute Gasteiger partial charge is 0.333 e. The standard InChI is InChI=1S/C18H26O6.C11H16O4.C6H10O2.6CH4/c1-12(2)15(19)22-10-8-9-18(7,24-17(21)14(5)6)11-23-16(20)13(3)4;1-7(2)10(12)14-6-9(5)15-11(13)8(3)4;1-4-8-6(7)5(2)3;;;;;;/h1,3,5,8-11H2,2,4,6-7H3;9H,1,3,6H2,2,4-5H3;2,4H2,1,3H3;6*1H4. The summed E-state index contributed by atoms with van der Waals surface area (Å²) in [6, 6.07) is 0. The normalized spacial score (nSPS) is 10.1. The lowest BCUT2D eigenvalue weighted by atomic mass is 10.0. The van der Waals surface area contributed by atoms with Crippen LogP contribution in [-0.2, 0) is 57.2 Å². The van der Waals surface area contributed by atoms with E-state index in [-0.39, 0.29) is 81.5 Å². The average Bonchev–Trinajstić information content (AvgIpc) is 2.97. The predicted molar refractivity (Wildman–Crippen MR) is 218 cm³/mol. The Morgan fingerprint density at radius 1 is 0.528 bits per heavy atom. The first-order valence-electron chi connectivity index (χ1n) is 14.6. The molecule has 0 aromatic heterocycles. The lowest BCUT2D eigenvalue weighted by Gasteiger charge is -2.29. The Bertz CT molecular complexity index is 1210. The molecule has 0 saturated heterocycles. The maximum absolute atomic E-state index is 11.8. The molecular formula is C41H76O12. The minimum absolute atomic E-state index is 0. The highest BCUT2D eigenvalue weighted by molar-refractivity contribution is 5.89. The van der Waals surface area contributed by atoms with Gasteiger partial charge in [0.2, 0.25) is 0 Å². The summed E-state index contributed by atoms with van der Waals surface area (Å²) in [5, 5.41) is 0. The van der Waals surface area contributed by atoms with Crippen LogP contribution in [0.5, 0.6) is 0 Å². The van der Waals surface area contributed by atoms with E-state index >= 15 is 0 Å². The van der Waals surface area contributed by atoms with Crippen molar-refractivity contribution in [3.8, 4) is 0 Å². The van der Waals surface area contributed by atoms with E-state index in [2.05, 4.69) is 44.2 Å². The molecule has 0 aromatic carbocycles. The second kappa shape index (κ2) is 37.0. The molecule has 312 valence electrons. The number of carbonyl (C=O) groups excluding carboxylic acids is 6. The molecule has 0 aliphatic rings. The van der Waals surface area contributed by atoms with Gasteiger partial charge in [-0.2, -0.15) is 0 Å². The van der Waals surface area contributed by atoms with Crippen molar-refractivity contribution in [2.75, 3.05) is 26.4 Å². The fraction of sp³-hybridized carbons (Fsp3) is 0.561. The van der Waals surface area contributed by atoms with E-state index in [1.165, 1.54) is 13.8 Å². The van der Waals surface area contributed by atoms with E-state index < -0.39 is 41.6 Å². The Labute approximate surface area is 323 Å². The maximum atomic E-state index is 11.8. The van der Waals surface area contributed by atoms with E-state index in [4.69, 9.17) is 23.7 Å². The third-order valence-electron chi connectivity index (χ3n) is 5.05. The van der Waals surface area contributed by atoms with E-state index in [1.54, 1.807) is 48.5 Å². The average molecular weight is 761 g/mol. The number of hydrogen-bond acceptors (Lipinski definition) is 12. The van der Waals surface area contributed by atoms with Crippen LogP contribution >= 0.6 is 0 Å². The van der Waals surface area contributed by atoms with E-state index in [0.29, 0.717) is 41.7 Å². The number of esters is 6. The second-order valence-electron chi connectivity index (χ2n) is 10.9. The van der Waals surface area contributed by atoms with Gasteiger partial charge in [-0.15, -0.1) is 0 Å². The largest absolute Gasteiger partial charge is 0.463 e. The monoisotopic (exact) mass is 761 g/mol. The molecule has 0 rings (SSSR count). The Morgan fingerprint density at radius 2 is 0.868 bits per heavy atom. The van der Waals surface area contributed by atoms with Crippen LogP contribution in [0.25, 0.3) is 0 Å². The van der Waals surface area contributed by atoms with Crippen molar-refractivity contribution in [1.29, 1.82) is 0 Å². The summed E-state index contributed by atoms with van der Waals surface area (Å²) < 4.78 is 29.7. The fourth-order valence-electron chi connectivity index (χ4n) is 2.43. The molecule has 12 heteroatoms. The van der Waals surface area contributed by atoms with Gasteiger partial charge in [0.05, 0.1) is 13.2 Å². The molecule has 0 amide bonds. The number of ether oxygens (including phenoxy) is 6. The Kier molecular flexibility index (Phi) is 48.9. The molecule has 0 aliphatic carbocycles. The van der Waals surface area contributed by atoms with Crippen molar-refractivity contribution in [2.24, 2.45) is 0 Å². The van der Waals surface area contributed by atoms with Crippen LogP contribution in [0.4, 0.5) is 0 Å². The van der Waals surface area contributed by atoms with E-state index in [9.17, 15) is 28.8 Å². The topological polar surface area (TPSA) is 158 Å². The summed E-state index contributed by atoms with van der Waals surface area (Å²) in [6.45, 7) is 35.6. The summed E-state index contributed by atoms with van der Waals surface area (Å²) in [4.78, 5) is 67.1. The summed E-state index contributed by atoms with van der Waals surface area (Å²) in [6.07, 6.45) is 0.264. The third-order valence-corrected chi connectivity index (χ3v) is 5.05. The van der Waals surface area contributed by atoms with Gasteiger partial charge in [0.1, 0.15) is 24.9 Å². The summed E-state index contributed by atoms with van der Waals surface area (Å²) in [5.74, 6) is -2.93. The molecule has 0 heterocycles. The zero-order chi connectivity index (χ0) is 37.5. The van der Waals surface area contributed by atoms with Crippen molar-refractivity contribution in [2.45, 2.75) is 131 Å². The number of carbonyl (C=O) groups is 6. The first-order chi connectivity index (χ1) is 21.5. The van der Waals surface area contributed by atoms with Crippen LogP contribution in [0, 0.1) is 0 Å². The van der Waals surface area contributed by atoms with Crippen LogP contribution in [-0.4, -0.2) is 73.9 Å². The van der Waals surface area contributed by atoms with Crippen LogP contribution in [0.2, 0.25) is 0 Å². The fourth-order valence-corrected chi connectivity index (χ4v) is 2.43. The summed E-state index contributed by atoms with van der Waals surface area (Å²) in [7, 11) is 0. The van der Waals surface area contributed by atoms with Gasteiger partial charge in [-0.05, 0) is 75.2 Å². The quantitative estimate of drug-likeness (QED) is 0.0599. The van der Waals surface area contributed by atoms with Gasteiger partial charge in [0.25, 0.3) is 0 Å². The van der Waals surface area contributed by atoms with Gasteiger partial charge >= 0.3 is 35.8 Å². The minimum atomic E-state index is -1.06. The van der Waals surface area contributed by atoms with Gasteiger partial charge in [-0.3, -0.25) is 0 Å². The Morgan fingerprint density at radius 3 is 1.21 bits per heavy atom. The molecule has 0 saturated carbocycles. The molecule has 12 nitrogen and oxygen atoms in total. The zero-order valence-corrected chi connectivity index (χ0v) is 29.5. The SMILES string of the molecule is C.C.C.C.C.C.C=C(C)C(=O)OCC.C=C(C)C(=O)OCC(C)OC(=O)C(=C)C.C=C(C)C(=O)OCCCC(C)(COC(=O)C(=C)C)OC(=O)C(=C)C. The van der Waals surface area contributed by atoms with Gasteiger partial charge in [0.15, 0.2) is 0 Å². The molecule has 0 aromatic rings. The van der Waals surface area contributed by atoms with E-state index in [0.717, 1.165) is 0 Å². The Balaban J connectivity index is -0.0000000828. The first kappa shape index (κ1) is 69.9. The van der Waals surface area contributed by atoms with Crippen molar-refractivity contribution in [3.63, 3.8) is 0 Å². The summed E-state index contributed by atoms with van der Waals surface area (Å²) in [5.41, 5.74) is 0.812. The summed E-state index contributed by atoms with van der Waals surface area (Å²) >= 11 is 0. The highest BCUT2D eigenvalue weighted by Gasteiger charge is 2.31. The molecule has 2 atom stereocenters. The van der Waals surface area contributed by atoms with Crippen LogP contribution in [0.3, 0.4) is 0 Å². The van der Waals surface area contributed by atoms with Crippen molar-refractivity contribution >= 4 is 35.8 Å². The number of rotatable bonds is 17. The third kappa shape index (κ3) is 38.3. The molecule has 0 radical (unpaired) electrons. The lowest BCUT2D eigenvalue weighted by molar-refractivity contribution is -0.167. The molecule has 0 fully saturated rings. The maximum Gasteiger partial charge on any atom is 0.333 e. The van der Waals surface area contributed by atoms with Gasteiger partial charge in [0, 0.05) is 33.4 Å².